The topological polar surface area (TPSA) is 92.5 Å². The van der Waals surface area contributed by atoms with E-state index in [1.165, 1.54) is 37.5 Å². The molecule has 0 aliphatic rings. The van der Waals surface area contributed by atoms with E-state index in [2.05, 4.69) is 0 Å². The molecule has 0 N–H and O–H groups in total. The average molecular weight is 367 g/mol. The molecular weight excluding hydrogens is 357 g/mol. The third-order valence-corrected chi connectivity index (χ3v) is 3.66. The van der Waals surface area contributed by atoms with Crippen LogP contribution in [-0.2, 0) is 0 Å². The summed E-state index contributed by atoms with van der Waals surface area (Å²) >= 11 is 11.8. The van der Waals surface area contributed by atoms with Crippen molar-refractivity contribution in [1.82, 2.24) is 0 Å². The number of rotatable bonds is 5. The molecule has 0 saturated heterocycles. The van der Waals surface area contributed by atoms with E-state index in [0.29, 0.717) is 5.02 Å². The number of benzene rings is 2. The summed E-state index contributed by atoms with van der Waals surface area (Å²) in [6.45, 7) is 0. The highest BCUT2D eigenvalue weighted by Crippen LogP contribution is 2.35. The lowest BCUT2D eigenvalue weighted by molar-refractivity contribution is -0.398. The predicted molar refractivity (Wildman–Crippen MR) is 88.9 cm³/mol. The molecule has 0 aliphatic carbocycles. The molecule has 0 heterocycles. The molecule has 0 spiro atoms. The van der Waals surface area contributed by atoms with Gasteiger partial charge in [0.25, 0.3) is 5.69 Å². The lowest BCUT2D eigenvalue weighted by Gasteiger charge is -2.13. The number of nitrogens with zero attached hydrogens (tertiary/aromatic N) is 1. The molecule has 24 heavy (non-hydrogen) atoms. The number of allylic oxidation sites excluding steroid dienone is 1. The Balaban J connectivity index is 2.38. The number of carbonyl (C=O) groups excluding carboxylic acids is 1. The molecule has 2 rings (SSSR count). The fourth-order valence-corrected chi connectivity index (χ4v) is 2.32. The van der Waals surface area contributed by atoms with Crippen LogP contribution in [0.4, 0.5) is 5.69 Å². The molecule has 0 bridgehead atoms. The Bertz CT molecular complexity index is 849. The van der Waals surface area contributed by atoms with E-state index < -0.39 is 22.1 Å². The van der Waals surface area contributed by atoms with Gasteiger partial charge < -0.3 is 9.84 Å². The number of nitro benzene ring substituents is 1. The highest BCUT2D eigenvalue weighted by Gasteiger charge is 2.13. The summed E-state index contributed by atoms with van der Waals surface area (Å²) in [5.41, 5.74) is -0.172. The molecule has 0 aliphatic heterocycles. The lowest BCUT2D eigenvalue weighted by atomic mass is 10.1. The van der Waals surface area contributed by atoms with Crippen LogP contribution < -0.4 is 9.84 Å². The van der Waals surface area contributed by atoms with Gasteiger partial charge in [-0.25, -0.2) is 0 Å². The minimum Gasteiger partial charge on any atom is -0.865 e. The first-order valence-electron chi connectivity index (χ1n) is 6.54. The monoisotopic (exact) mass is 366 g/mol. The zero-order valence-electron chi connectivity index (χ0n) is 12.3. The van der Waals surface area contributed by atoms with Crippen molar-refractivity contribution in [2.75, 3.05) is 7.11 Å². The highest BCUT2D eigenvalue weighted by atomic mass is 35.5. The second kappa shape index (κ2) is 7.33. The van der Waals surface area contributed by atoms with Crippen molar-refractivity contribution in [3.8, 4) is 11.5 Å². The van der Waals surface area contributed by atoms with Gasteiger partial charge in [0, 0.05) is 22.4 Å². The van der Waals surface area contributed by atoms with E-state index in [1.54, 1.807) is 6.07 Å². The zero-order valence-corrected chi connectivity index (χ0v) is 13.8. The highest BCUT2D eigenvalue weighted by molar-refractivity contribution is 6.36. The van der Waals surface area contributed by atoms with Crippen molar-refractivity contribution < 1.29 is 19.6 Å². The van der Waals surface area contributed by atoms with Crippen molar-refractivity contribution in [3.05, 3.63) is 67.7 Å². The maximum absolute atomic E-state index is 12.2. The first-order chi connectivity index (χ1) is 11.3. The number of halogens is 2. The molecule has 0 unspecified atom stereocenters. The Labute approximate surface area is 147 Å². The van der Waals surface area contributed by atoms with Crippen LogP contribution in [-0.4, -0.2) is 17.8 Å². The van der Waals surface area contributed by atoms with Crippen LogP contribution in [0.3, 0.4) is 0 Å². The third kappa shape index (κ3) is 3.84. The Morgan fingerprint density at radius 2 is 1.96 bits per heavy atom. The summed E-state index contributed by atoms with van der Waals surface area (Å²) in [5.74, 6) is -1.45. The number of ether oxygens (including phenoxy) is 1. The van der Waals surface area contributed by atoms with Gasteiger partial charge in [-0.3, -0.25) is 14.9 Å². The molecule has 0 saturated carbocycles. The van der Waals surface area contributed by atoms with E-state index in [4.69, 9.17) is 27.9 Å². The minimum absolute atomic E-state index is 0.183. The van der Waals surface area contributed by atoms with Crippen molar-refractivity contribution in [2.45, 2.75) is 0 Å². The van der Waals surface area contributed by atoms with Crippen molar-refractivity contribution >= 4 is 40.7 Å². The number of ketones is 1. The van der Waals surface area contributed by atoms with E-state index in [-0.39, 0.29) is 21.9 Å². The SMILES string of the molecule is COc1cc(/C=C/C(=O)c2cc(Cl)ccc2Cl)cc([N+](=O)[O-])c1[O-]. The summed E-state index contributed by atoms with van der Waals surface area (Å²) in [7, 11) is 1.23. The average Bonchev–Trinajstić information content (AvgIpc) is 2.55. The predicted octanol–water partition coefficient (Wildman–Crippen LogP) is 3.88. The van der Waals surface area contributed by atoms with Crippen LogP contribution in [0.5, 0.6) is 11.5 Å². The van der Waals surface area contributed by atoms with Crippen LogP contribution in [0.1, 0.15) is 15.9 Å². The van der Waals surface area contributed by atoms with Crippen LogP contribution in [0.15, 0.2) is 36.4 Å². The van der Waals surface area contributed by atoms with Crippen molar-refractivity contribution in [1.29, 1.82) is 0 Å². The zero-order chi connectivity index (χ0) is 17.9. The fourth-order valence-electron chi connectivity index (χ4n) is 1.94. The van der Waals surface area contributed by atoms with Gasteiger partial charge in [-0.2, -0.15) is 0 Å². The summed E-state index contributed by atoms with van der Waals surface area (Å²) in [4.78, 5) is 22.3. The van der Waals surface area contributed by atoms with Crippen LogP contribution in [0.2, 0.25) is 10.0 Å². The smallest absolute Gasteiger partial charge is 0.266 e. The van der Waals surface area contributed by atoms with Gasteiger partial charge in [0.1, 0.15) is 5.75 Å². The van der Waals surface area contributed by atoms with Crippen molar-refractivity contribution in [2.24, 2.45) is 0 Å². The number of hydrogen-bond acceptors (Lipinski definition) is 5. The molecule has 124 valence electrons. The summed E-state index contributed by atoms with van der Waals surface area (Å²) in [5, 5.41) is 23.2. The van der Waals surface area contributed by atoms with Crippen LogP contribution >= 0.6 is 23.2 Å². The largest absolute Gasteiger partial charge is 0.865 e. The maximum Gasteiger partial charge on any atom is 0.266 e. The van der Waals surface area contributed by atoms with E-state index in [1.807, 2.05) is 0 Å². The van der Waals surface area contributed by atoms with Gasteiger partial charge in [0.05, 0.1) is 17.1 Å². The number of carbonyl (C=O) groups is 1. The van der Waals surface area contributed by atoms with Crippen molar-refractivity contribution in [3.63, 3.8) is 0 Å². The van der Waals surface area contributed by atoms with Gasteiger partial charge >= 0.3 is 0 Å². The minimum atomic E-state index is -0.830. The van der Waals surface area contributed by atoms with Gasteiger partial charge in [0.15, 0.2) is 5.78 Å². The molecule has 2 aromatic rings. The lowest BCUT2D eigenvalue weighted by Crippen LogP contribution is -2.01. The van der Waals surface area contributed by atoms with Crippen LogP contribution in [0, 0.1) is 10.1 Å². The quantitative estimate of drug-likeness (QED) is 0.346. The molecule has 0 atom stereocenters. The molecule has 0 aromatic heterocycles. The third-order valence-electron chi connectivity index (χ3n) is 3.10. The second-order valence-corrected chi connectivity index (χ2v) is 5.49. The van der Waals surface area contributed by atoms with E-state index in [9.17, 15) is 20.0 Å². The molecule has 0 fully saturated rings. The van der Waals surface area contributed by atoms with Crippen LogP contribution in [0.25, 0.3) is 6.08 Å². The van der Waals surface area contributed by atoms with Gasteiger partial charge in [-0.1, -0.05) is 29.3 Å². The number of hydrogen-bond donors (Lipinski definition) is 0. The summed E-state index contributed by atoms with van der Waals surface area (Å²) in [6.07, 6.45) is 2.51. The second-order valence-electron chi connectivity index (χ2n) is 4.65. The van der Waals surface area contributed by atoms with E-state index in [0.717, 1.165) is 6.07 Å². The number of nitro groups is 1. The maximum atomic E-state index is 12.2. The Morgan fingerprint density at radius 1 is 1.25 bits per heavy atom. The Kier molecular flexibility index (Phi) is 5.43. The molecule has 0 amide bonds. The molecular formula is C16H10Cl2NO5-. The number of methoxy groups -OCH3 is 1. The molecule has 2 aromatic carbocycles. The first-order valence-corrected chi connectivity index (χ1v) is 7.30. The van der Waals surface area contributed by atoms with Gasteiger partial charge in [0.2, 0.25) is 0 Å². The van der Waals surface area contributed by atoms with E-state index >= 15 is 0 Å². The Hall–Kier alpha value is -2.57. The summed E-state index contributed by atoms with van der Waals surface area (Å²) < 4.78 is 4.83. The first kappa shape index (κ1) is 17.8. The molecule has 8 heteroatoms. The molecule has 0 radical (unpaired) electrons. The fraction of sp³-hybridized carbons (Fsp3) is 0.0625. The molecule has 6 nitrogen and oxygen atoms in total. The van der Waals surface area contributed by atoms with Gasteiger partial charge in [-0.05, 0) is 35.9 Å². The normalized spacial score (nSPS) is 10.8. The standard InChI is InChI=1S/C16H11Cl2NO5/c1-24-15-7-9(6-13(16(15)21)19(22)23)2-5-14(20)11-8-10(17)3-4-12(11)18/h2-8,21H,1H3/p-1/b5-2+. The summed E-state index contributed by atoms with van der Waals surface area (Å²) in [6, 6.07) is 6.82. The Morgan fingerprint density at radius 3 is 2.58 bits per heavy atom. The van der Waals surface area contributed by atoms with Gasteiger partial charge in [-0.15, -0.1) is 0 Å².